The van der Waals surface area contributed by atoms with Crippen LogP contribution in [0.1, 0.15) is 6.42 Å². The summed E-state index contributed by atoms with van der Waals surface area (Å²) in [5.74, 6) is 0.557. The Kier molecular flexibility index (Phi) is 5.01. The number of imidazole rings is 1. The number of aryl methyl sites for hydroxylation is 2. The maximum Gasteiger partial charge on any atom is 0.332 e. The van der Waals surface area contributed by atoms with Crippen LogP contribution < -0.4 is 16.8 Å². The summed E-state index contributed by atoms with van der Waals surface area (Å²) in [5.41, 5.74) is 1.20. The number of benzene rings is 2. The largest absolute Gasteiger partial charge is 0.332 e. The maximum absolute atomic E-state index is 13.3. The van der Waals surface area contributed by atoms with Gasteiger partial charge in [0.2, 0.25) is 0 Å². The number of hydrogen-bond donors (Lipinski definition) is 0. The van der Waals surface area contributed by atoms with E-state index in [2.05, 4.69) is 4.98 Å². The molecule has 9 heteroatoms. The Morgan fingerprint density at radius 2 is 1.52 bits per heavy atom. The predicted octanol–water partition coefficient (Wildman–Crippen LogP) is 1.90. The van der Waals surface area contributed by atoms with Crippen LogP contribution in [-0.4, -0.2) is 28.2 Å². The third-order valence-electron chi connectivity index (χ3n) is 5.86. The molecule has 0 atom stereocenters. The van der Waals surface area contributed by atoms with Gasteiger partial charge in [0.1, 0.15) is 5.82 Å². The van der Waals surface area contributed by atoms with E-state index in [1.54, 1.807) is 29.3 Å². The Labute approximate surface area is 187 Å². The fourth-order valence-electron chi connectivity index (χ4n) is 4.16. The Bertz CT molecular complexity index is 1670. The van der Waals surface area contributed by atoms with Gasteiger partial charge in [-0.25, -0.2) is 14.8 Å². The Hall–Kier alpha value is -4.27. The Morgan fingerprint density at radius 1 is 0.818 bits per heavy atom. The standard InChI is InChI=1S/C24H22N6O3/c1-27-15-25-21-19(27)23(32)30(24(33)28(21)2)14-8-13-29-20(16-9-4-3-5-10-16)26-18-12-7-6-11-17(18)22(29)31/h3-7,9-12,15H,8,13-14H2,1-2H3. The molecule has 2 aromatic carbocycles. The molecule has 0 bridgehead atoms. The average molecular weight is 442 g/mol. The van der Waals surface area contributed by atoms with Crippen LogP contribution in [0.2, 0.25) is 0 Å². The molecule has 33 heavy (non-hydrogen) atoms. The number of nitrogens with zero attached hydrogens (tertiary/aromatic N) is 6. The molecule has 0 unspecified atom stereocenters. The molecule has 9 nitrogen and oxygen atoms in total. The third-order valence-corrected chi connectivity index (χ3v) is 5.86. The fraction of sp³-hybridized carbons (Fsp3) is 0.208. The summed E-state index contributed by atoms with van der Waals surface area (Å²) in [6, 6.07) is 16.7. The minimum atomic E-state index is -0.432. The highest BCUT2D eigenvalue weighted by molar-refractivity contribution is 5.79. The highest BCUT2D eigenvalue weighted by Gasteiger charge is 2.16. The first-order valence-corrected chi connectivity index (χ1v) is 10.6. The lowest BCUT2D eigenvalue weighted by Crippen LogP contribution is -2.40. The van der Waals surface area contributed by atoms with Gasteiger partial charge >= 0.3 is 5.69 Å². The van der Waals surface area contributed by atoms with E-state index < -0.39 is 5.69 Å². The van der Waals surface area contributed by atoms with Gasteiger partial charge in [-0.15, -0.1) is 0 Å². The van der Waals surface area contributed by atoms with Crippen LogP contribution in [0.25, 0.3) is 33.5 Å². The van der Waals surface area contributed by atoms with Crippen LogP contribution in [0.3, 0.4) is 0 Å². The van der Waals surface area contributed by atoms with Crippen LogP contribution in [0, 0.1) is 0 Å². The van der Waals surface area contributed by atoms with Gasteiger partial charge < -0.3 is 4.57 Å². The first kappa shape index (κ1) is 20.6. The van der Waals surface area contributed by atoms with Gasteiger partial charge in [-0.3, -0.25) is 23.3 Å². The normalized spacial score (nSPS) is 11.5. The predicted molar refractivity (Wildman–Crippen MR) is 126 cm³/mol. The van der Waals surface area contributed by atoms with Crippen molar-refractivity contribution in [3.63, 3.8) is 0 Å². The van der Waals surface area contributed by atoms with Crippen molar-refractivity contribution in [2.24, 2.45) is 14.1 Å². The summed E-state index contributed by atoms with van der Waals surface area (Å²) in [7, 11) is 3.32. The molecule has 0 aliphatic heterocycles. The van der Waals surface area contributed by atoms with Crippen LogP contribution in [0.5, 0.6) is 0 Å². The minimum Gasteiger partial charge on any atom is -0.328 e. The molecule has 0 N–H and O–H groups in total. The van der Waals surface area contributed by atoms with Gasteiger partial charge in [-0.05, 0) is 18.6 Å². The number of fused-ring (bicyclic) bond motifs is 2. The molecule has 3 aromatic heterocycles. The Balaban J connectivity index is 1.56. The number of para-hydroxylation sites is 1. The van der Waals surface area contributed by atoms with Crippen molar-refractivity contribution in [1.29, 1.82) is 0 Å². The highest BCUT2D eigenvalue weighted by atomic mass is 16.2. The van der Waals surface area contributed by atoms with E-state index >= 15 is 0 Å². The zero-order chi connectivity index (χ0) is 23.1. The van der Waals surface area contributed by atoms with Crippen LogP contribution in [-0.2, 0) is 27.2 Å². The Morgan fingerprint density at radius 3 is 2.30 bits per heavy atom. The van der Waals surface area contributed by atoms with Crippen LogP contribution >= 0.6 is 0 Å². The van der Waals surface area contributed by atoms with Crippen molar-refractivity contribution >= 4 is 22.1 Å². The summed E-state index contributed by atoms with van der Waals surface area (Å²) >= 11 is 0. The molecule has 3 heterocycles. The molecular weight excluding hydrogens is 420 g/mol. The zero-order valence-corrected chi connectivity index (χ0v) is 18.3. The molecule has 0 aliphatic rings. The molecule has 0 saturated carbocycles. The van der Waals surface area contributed by atoms with E-state index in [-0.39, 0.29) is 17.7 Å². The summed E-state index contributed by atoms with van der Waals surface area (Å²) in [6.45, 7) is 0.472. The summed E-state index contributed by atoms with van der Waals surface area (Å²) in [5, 5.41) is 0.529. The SMILES string of the molecule is Cn1cnc2c1c(=O)n(CCCn1c(-c3ccccc3)nc3ccccc3c1=O)c(=O)n2C. The number of hydrogen-bond acceptors (Lipinski definition) is 5. The first-order chi connectivity index (χ1) is 16.0. The van der Waals surface area contributed by atoms with E-state index in [4.69, 9.17) is 4.98 Å². The second-order valence-corrected chi connectivity index (χ2v) is 7.95. The average Bonchev–Trinajstić information content (AvgIpc) is 3.23. The lowest BCUT2D eigenvalue weighted by molar-refractivity contribution is 0.520. The molecule has 0 aliphatic carbocycles. The topological polar surface area (TPSA) is 96.7 Å². The van der Waals surface area contributed by atoms with E-state index in [0.29, 0.717) is 40.9 Å². The first-order valence-electron chi connectivity index (χ1n) is 10.6. The lowest BCUT2D eigenvalue weighted by Gasteiger charge is -2.14. The minimum absolute atomic E-state index is 0.151. The van der Waals surface area contributed by atoms with E-state index in [9.17, 15) is 14.4 Å². The molecule has 0 fully saturated rings. The van der Waals surface area contributed by atoms with Gasteiger partial charge in [0.15, 0.2) is 11.2 Å². The molecule has 0 radical (unpaired) electrons. The third kappa shape index (κ3) is 3.38. The van der Waals surface area contributed by atoms with Crippen molar-refractivity contribution in [2.45, 2.75) is 19.5 Å². The molecular formula is C24H22N6O3. The quantitative estimate of drug-likeness (QED) is 0.414. The van der Waals surface area contributed by atoms with Crippen molar-refractivity contribution in [1.82, 2.24) is 28.2 Å². The summed E-state index contributed by atoms with van der Waals surface area (Å²) in [4.78, 5) is 48.0. The molecule has 0 spiro atoms. The maximum atomic E-state index is 13.3. The number of aromatic nitrogens is 6. The van der Waals surface area contributed by atoms with E-state index in [0.717, 1.165) is 5.56 Å². The lowest BCUT2D eigenvalue weighted by atomic mass is 10.1. The van der Waals surface area contributed by atoms with Crippen molar-refractivity contribution in [3.05, 3.63) is 92.1 Å². The molecule has 0 amide bonds. The van der Waals surface area contributed by atoms with Crippen molar-refractivity contribution in [2.75, 3.05) is 0 Å². The monoisotopic (exact) mass is 442 g/mol. The van der Waals surface area contributed by atoms with Gasteiger partial charge in [0.25, 0.3) is 11.1 Å². The second-order valence-electron chi connectivity index (χ2n) is 7.95. The number of rotatable bonds is 5. The van der Waals surface area contributed by atoms with Crippen molar-refractivity contribution in [3.8, 4) is 11.4 Å². The fourth-order valence-corrected chi connectivity index (χ4v) is 4.16. The van der Waals surface area contributed by atoms with Gasteiger partial charge in [0.05, 0.1) is 17.2 Å². The van der Waals surface area contributed by atoms with Gasteiger partial charge in [-0.2, -0.15) is 0 Å². The summed E-state index contributed by atoms with van der Waals surface area (Å²) in [6.07, 6.45) is 1.92. The molecule has 5 aromatic rings. The van der Waals surface area contributed by atoms with Gasteiger partial charge in [-0.1, -0.05) is 42.5 Å². The van der Waals surface area contributed by atoms with Gasteiger partial charge in [0, 0.05) is 32.7 Å². The van der Waals surface area contributed by atoms with E-state index in [1.165, 1.54) is 15.5 Å². The smallest absolute Gasteiger partial charge is 0.328 e. The van der Waals surface area contributed by atoms with Crippen LogP contribution in [0.4, 0.5) is 0 Å². The molecule has 166 valence electrons. The van der Waals surface area contributed by atoms with Crippen LogP contribution in [0.15, 0.2) is 75.3 Å². The molecule has 5 rings (SSSR count). The second kappa shape index (κ2) is 8.01. The highest BCUT2D eigenvalue weighted by Crippen LogP contribution is 2.19. The molecule has 0 saturated heterocycles. The summed E-state index contributed by atoms with van der Waals surface area (Å²) < 4.78 is 5.80. The zero-order valence-electron chi connectivity index (χ0n) is 18.3. The van der Waals surface area contributed by atoms with Crippen molar-refractivity contribution < 1.29 is 0 Å². The van der Waals surface area contributed by atoms with E-state index in [1.807, 2.05) is 48.5 Å².